The molecule has 0 aliphatic carbocycles. The van der Waals surface area contributed by atoms with E-state index in [1.54, 1.807) is 0 Å². The number of halogens is 1. The lowest BCUT2D eigenvalue weighted by Crippen LogP contribution is -2.29. The van der Waals surface area contributed by atoms with Crippen LogP contribution in [-0.2, 0) is 0 Å². The molecule has 88 valence electrons. The molecular formula is C13H18BrNO. The number of hydrogen-bond acceptors (Lipinski definition) is 2. The highest BCUT2D eigenvalue weighted by molar-refractivity contribution is 9.10. The van der Waals surface area contributed by atoms with Gasteiger partial charge in [0.15, 0.2) is 0 Å². The van der Waals surface area contributed by atoms with Gasteiger partial charge in [-0.3, -0.25) is 0 Å². The van der Waals surface area contributed by atoms with Gasteiger partial charge in [0, 0.05) is 10.5 Å². The van der Waals surface area contributed by atoms with Crippen LogP contribution in [0.3, 0.4) is 0 Å². The van der Waals surface area contributed by atoms with Gasteiger partial charge < -0.3 is 10.4 Å². The predicted molar refractivity (Wildman–Crippen MR) is 69.6 cm³/mol. The Kier molecular flexibility index (Phi) is 3.67. The fraction of sp³-hybridized carbons (Fsp3) is 0.538. The lowest BCUT2D eigenvalue weighted by molar-refractivity contribution is 0.137. The van der Waals surface area contributed by atoms with Crippen LogP contribution in [0.25, 0.3) is 0 Å². The summed E-state index contributed by atoms with van der Waals surface area (Å²) in [6.45, 7) is 5.13. The van der Waals surface area contributed by atoms with Gasteiger partial charge >= 0.3 is 0 Å². The Balaban J connectivity index is 2.28. The van der Waals surface area contributed by atoms with Gasteiger partial charge in [-0.05, 0) is 56.0 Å². The Morgan fingerprint density at radius 1 is 1.38 bits per heavy atom. The first-order valence-electron chi connectivity index (χ1n) is 5.77. The summed E-state index contributed by atoms with van der Waals surface area (Å²) < 4.78 is 1.11. The molecule has 0 spiro atoms. The van der Waals surface area contributed by atoms with Crippen LogP contribution in [0.1, 0.15) is 35.6 Å². The maximum absolute atomic E-state index is 10.3. The molecule has 3 heteroatoms. The van der Waals surface area contributed by atoms with Gasteiger partial charge in [-0.2, -0.15) is 0 Å². The third-order valence-corrected chi connectivity index (χ3v) is 4.20. The van der Waals surface area contributed by atoms with Gasteiger partial charge in [-0.1, -0.05) is 22.0 Å². The van der Waals surface area contributed by atoms with E-state index in [1.807, 2.05) is 0 Å². The minimum atomic E-state index is -0.380. The topological polar surface area (TPSA) is 32.3 Å². The van der Waals surface area contributed by atoms with Crippen molar-refractivity contribution in [2.75, 3.05) is 6.54 Å². The number of aliphatic hydroxyl groups excluding tert-OH is 1. The summed E-state index contributed by atoms with van der Waals surface area (Å²) in [5, 5.41) is 13.7. The molecule has 1 aromatic carbocycles. The molecule has 16 heavy (non-hydrogen) atoms. The number of nitrogens with one attached hydrogen (secondary N) is 1. The second-order valence-electron chi connectivity index (χ2n) is 4.61. The summed E-state index contributed by atoms with van der Waals surface area (Å²) in [5.41, 5.74) is 3.39. The highest BCUT2D eigenvalue weighted by atomic mass is 79.9. The van der Waals surface area contributed by atoms with Crippen LogP contribution in [-0.4, -0.2) is 17.7 Å². The largest absolute Gasteiger partial charge is 0.387 e. The van der Waals surface area contributed by atoms with Gasteiger partial charge in [-0.15, -0.1) is 0 Å². The molecule has 0 bridgehead atoms. The molecule has 2 N–H and O–H groups in total. The molecular weight excluding hydrogens is 266 g/mol. The number of hydrogen-bond donors (Lipinski definition) is 2. The van der Waals surface area contributed by atoms with Crippen molar-refractivity contribution in [3.8, 4) is 0 Å². The Hall–Kier alpha value is -0.380. The molecule has 1 fully saturated rings. The van der Waals surface area contributed by atoms with Crippen LogP contribution in [0.2, 0.25) is 0 Å². The van der Waals surface area contributed by atoms with Crippen LogP contribution < -0.4 is 5.32 Å². The van der Waals surface area contributed by atoms with E-state index in [4.69, 9.17) is 0 Å². The molecule has 1 aliphatic heterocycles. The summed E-state index contributed by atoms with van der Waals surface area (Å²) in [7, 11) is 0. The van der Waals surface area contributed by atoms with Crippen molar-refractivity contribution in [1.82, 2.24) is 5.32 Å². The Bertz CT molecular complexity index is 386. The van der Waals surface area contributed by atoms with E-state index in [-0.39, 0.29) is 12.1 Å². The smallest absolute Gasteiger partial charge is 0.0945 e. The van der Waals surface area contributed by atoms with Crippen molar-refractivity contribution in [3.63, 3.8) is 0 Å². The van der Waals surface area contributed by atoms with Crippen molar-refractivity contribution in [2.45, 2.75) is 38.8 Å². The van der Waals surface area contributed by atoms with Gasteiger partial charge in [0.25, 0.3) is 0 Å². The van der Waals surface area contributed by atoms with Gasteiger partial charge in [0.1, 0.15) is 0 Å². The Morgan fingerprint density at radius 2 is 2.12 bits per heavy atom. The molecule has 0 aromatic heterocycles. The van der Waals surface area contributed by atoms with Crippen LogP contribution >= 0.6 is 15.9 Å². The third kappa shape index (κ3) is 2.31. The molecule has 0 saturated carbocycles. The molecule has 2 nitrogen and oxygen atoms in total. The molecule has 1 aromatic rings. The predicted octanol–water partition coefficient (Wildman–Crippen LogP) is 2.85. The summed E-state index contributed by atoms with van der Waals surface area (Å²) in [6, 6.07) is 4.40. The molecule has 2 unspecified atom stereocenters. The van der Waals surface area contributed by atoms with Crippen LogP contribution in [0.4, 0.5) is 0 Å². The Labute approximate surface area is 105 Å². The highest BCUT2D eigenvalue weighted by Crippen LogP contribution is 2.29. The van der Waals surface area contributed by atoms with Crippen molar-refractivity contribution >= 4 is 15.9 Å². The van der Waals surface area contributed by atoms with Crippen molar-refractivity contribution < 1.29 is 5.11 Å². The molecule has 0 radical (unpaired) electrons. The zero-order chi connectivity index (χ0) is 11.7. The van der Waals surface area contributed by atoms with E-state index in [0.29, 0.717) is 0 Å². The number of rotatable bonds is 2. The van der Waals surface area contributed by atoms with Crippen molar-refractivity contribution in [1.29, 1.82) is 0 Å². The van der Waals surface area contributed by atoms with E-state index < -0.39 is 0 Å². The molecule has 2 atom stereocenters. The van der Waals surface area contributed by atoms with Crippen LogP contribution in [0.5, 0.6) is 0 Å². The second kappa shape index (κ2) is 4.86. The van der Waals surface area contributed by atoms with Gasteiger partial charge in [-0.25, -0.2) is 0 Å². The maximum Gasteiger partial charge on any atom is 0.0945 e. The first-order chi connectivity index (χ1) is 7.59. The first kappa shape index (κ1) is 12.1. The average molecular weight is 284 g/mol. The van der Waals surface area contributed by atoms with Crippen molar-refractivity contribution in [2.24, 2.45) is 0 Å². The van der Waals surface area contributed by atoms with Gasteiger partial charge in [0.2, 0.25) is 0 Å². The number of aryl methyl sites for hydroxylation is 2. The number of benzene rings is 1. The van der Waals surface area contributed by atoms with E-state index in [0.717, 1.165) is 35.0 Å². The summed E-state index contributed by atoms with van der Waals surface area (Å²) >= 11 is 3.52. The SMILES string of the molecule is Cc1cc(C(O)C2CCCN2)c(C)cc1Br. The lowest BCUT2D eigenvalue weighted by Gasteiger charge is -2.21. The monoisotopic (exact) mass is 283 g/mol. The first-order valence-corrected chi connectivity index (χ1v) is 6.57. The van der Waals surface area contributed by atoms with Crippen LogP contribution in [0, 0.1) is 13.8 Å². The second-order valence-corrected chi connectivity index (χ2v) is 5.46. The summed E-state index contributed by atoms with van der Waals surface area (Å²) in [6.07, 6.45) is 1.85. The molecule has 1 heterocycles. The Morgan fingerprint density at radius 3 is 2.75 bits per heavy atom. The van der Waals surface area contributed by atoms with Crippen LogP contribution in [0.15, 0.2) is 16.6 Å². The quantitative estimate of drug-likeness (QED) is 0.875. The van der Waals surface area contributed by atoms with E-state index in [1.165, 1.54) is 5.56 Å². The van der Waals surface area contributed by atoms with Gasteiger partial charge in [0.05, 0.1) is 6.10 Å². The van der Waals surface area contributed by atoms with E-state index in [2.05, 4.69) is 47.2 Å². The summed E-state index contributed by atoms with van der Waals surface area (Å²) in [5.74, 6) is 0. The normalized spacial score (nSPS) is 22.4. The molecule has 0 amide bonds. The maximum atomic E-state index is 10.3. The zero-order valence-electron chi connectivity index (χ0n) is 9.76. The minimum absolute atomic E-state index is 0.222. The third-order valence-electron chi connectivity index (χ3n) is 3.35. The fourth-order valence-electron chi connectivity index (χ4n) is 2.32. The van der Waals surface area contributed by atoms with E-state index >= 15 is 0 Å². The zero-order valence-corrected chi connectivity index (χ0v) is 11.3. The molecule has 1 aliphatic rings. The lowest BCUT2D eigenvalue weighted by atomic mass is 9.95. The summed E-state index contributed by atoms with van der Waals surface area (Å²) in [4.78, 5) is 0. The van der Waals surface area contributed by atoms with E-state index in [9.17, 15) is 5.11 Å². The highest BCUT2D eigenvalue weighted by Gasteiger charge is 2.25. The molecule has 2 rings (SSSR count). The molecule has 1 saturated heterocycles. The fourth-order valence-corrected chi connectivity index (χ4v) is 2.78. The van der Waals surface area contributed by atoms with Crippen molar-refractivity contribution in [3.05, 3.63) is 33.3 Å². The number of aliphatic hydroxyl groups is 1. The average Bonchev–Trinajstić information content (AvgIpc) is 2.75. The standard InChI is InChI=1S/C13H18BrNO/c1-8-7-11(14)9(2)6-10(8)13(16)12-4-3-5-15-12/h6-7,12-13,15-16H,3-5H2,1-2H3. The minimum Gasteiger partial charge on any atom is -0.387 e.